The zero-order chi connectivity index (χ0) is 15.0. The molecule has 0 amide bonds. The van der Waals surface area contributed by atoms with E-state index in [1.165, 1.54) is 0 Å². The first-order chi connectivity index (χ1) is 9.26. The Labute approximate surface area is 129 Å². The molecule has 0 bridgehead atoms. The fraction of sp³-hybridized carbons (Fsp3) is 0.571. The maximum absolute atomic E-state index is 12.8. The lowest BCUT2D eigenvalue weighted by atomic mass is 9.85. The standard InChI is InChI=1S/C14H20BrNO3S/c1-14(2)6-3-7-16(10-14)20(18,19)13-8-11(9-17)4-5-12(13)15/h4-5,8,17H,3,6-7,9-10H2,1-2H3. The van der Waals surface area contributed by atoms with Crippen LogP contribution >= 0.6 is 15.9 Å². The summed E-state index contributed by atoms with van der Waals surface area (Å²) in [6, 6.07) is 4.93. The fourth-order valence-electron chi connectivity index (χ4n) is 2.56. The van der Waals surface area contributed by atoms with Crippen LogP contribution in [-0.2, 0) is 16.6 Å². The summed E-state index contributed by atoms with van der Waals surface area (Å²) in [6.07, 6.45) is 1.92. The Morgan fingerprint density at radius 2 is 2.10 bits per heavy atom. The number of rotatable bonds is 3. The highest BCUT2D eigenvalue weighted by Crippen LogP contribution is 2.34. The Balaban J connectivity index is 2.40. The van der Waals surface area contributed by atoms with E-state index in [0.29, 0.717) is 23.1 Å². The molecule has 1 aromatic carbocycles. The van der Waals surface area contributed by atoms with Crippen LogP contribution in [0.2, 0.25) is 0 Å². The molecule has 1 aliphatic heterocycles. The molecule has 112 valence electrons. The van der Waals surface area contributed by atoms with E-state index in [0.717, 1.165) is 12.8 Å². The molecule has 1 fully saturated rings. The SMILES string of the molecule is CC1(C)CCCN(S(=O)(=O)c2cc(CO)ccc2Br)C1. The van der Waals surface area contributed by atoms with Gasteiger partial charge in [-0.25, -0.2) is 8.42 Å². The quantitative estimate of drug-likeness (QED) is 0.900. The van der Waals surface area contributed by atoms with Gasteiger partial charge in [-0.05, 0) is 51.9 Å². The van der Waals surface area contributed by atoms with Crippen molar-refractivity contribution in [1.29, 1.82) is 0 Å². The molecule has 1 heterocycles. The molecule has 0 unspecified atom stereocenters. The topological polar surface area (TPSA) is 57.6 Å². The Morgan fingerprint density at radius 1 is 1.40 bits per heavy atom. The normalized spacial score (nSPS) is 20.0. The second-order valence-corrected chi connectivity index (χ2v) is 8.79. The van der Waals surface area contributed by atoms with Gasteiger partial charge in [0.15, 0.2) is 0 Å². The predicted octanol–water partition coefficient (Wildman–Crippen LogP) is 2.75. The number of nitrogens with zero attached hydrogens (tertiary/aromatic N) is 1. The minimum absolute atomic E-state index is 0.00633. The molecule has 1 N–H and O–H groups in total. The van der Waals surface area contributed by atoms with Crippen LogP contribution in [0.3, 0.4) is 0 Å². The van der Waals surface area contributed by atoms with Gasteiger partial charge in [0.1, 0.15) is 0 Å². The monoisotopic (exact) mass is 361 g/mol. The van der Waals surface area contributed by atoms with Gasteiger partial charge in [-0.2, -0.15) is 4.31 Å². The molecule has 0 saturated carbocycles. The summed E-state index contributed by atoms with van der Waals surface area (Å²) < 4.78 is 27.6. The van der Waals surface area contributed by atoms with E-state index in [2.05, 4.69) is 29.8 Å². The molecule has 2 rings (SSSR count). The molecule has 0 atom stereocenters. The molecule has 4 nitrogen and oxygen atoms in total. The van der Waals surface area contributed by atoms with Crippen molar-refractivity contribution in [2.24, 2.45) is 5.41 Å². The molecule has 0 spiro atoms. The van der Waals surface area contributed by atoms with Crippen molar-refractivity contribution in [3.8, 4) is 0 Å². The minimum atomic E-state index is -3.52. The molecule has 20 heavy (non-hydrogen) atoms. The smallest absolute Gasteiger partial charge is 0.244 e. The van der Waals surface area contributed by atoms with Gasteiger partial charge in [0.25, 0.3) is 0 Å². The number of aliphatic hydroxyl groups is 1. The van der Waals surface area contributed by atoms with Crippen LogP contribution in [0, 0.1) is 5.41 Å². The predicted molar refractivity (Wildman–Crippen MR) is 81.8 cm³/mol. The van der Waals surface area contributed by atoms with Crippen LogP contribution in [0.5, 0.6) is 0 Å². The van der Waals surface area contributed by atoms with E-state index in [1.54, 1.807) is 22.5 Å². The van der Waals surface area contributed by atoms with E-state index in [1.807, 2.05) is 0 Å². The van der Waals surface area contributed by atoms with Crippen molar-refractivity contribution in [3.63, 3.8) is 0 Å². The molecule has 1 aliphatic rings. The zero-order valence-corrected chi connectivity index (χ0v) is 14.2. The van der Waals surface area contributed by atoms with Crippen LogP contribution in [-0.4, -0.2) is 30.9 Å². The van der Waals surface area contributed by atoms with E-state index < -0.39 is 10.0 Å². The summed E-state index contributed by atoms with van der Waals surface area (Å²) in [6.45, 7) is 5.11. The highest BCUT2D eigenvalue weighted by Gasteiger charge is 2.35. The Morgan fingerprint density at radius 3 is 2.70 bits per heavy atom. The molecular weight excluding hydrogens is 342 g/mol. The van der Waals surface area contributed by atoms with Crippen LogP contribution < -0.4 is 0 Å². The molecular formula is C14H20BrNO3S. The lowest BCUT2D eigenvalue weighted by Gasteiger charge is -2.37. The first-order valence-electron chi connectivity index (χ1n) is 6.66. The maximum Gasteiger partial charge on any atom is 0.244 e. The Kier molecular flexibility index (Phi) is 4.59. The average Bonchev–Trinajstić information content (AvgIpc) is 2.38. The van der Waals surface area contributed by atoms with Crippen LogP contribution in [0.15, 0.2) is 27.6 Å². The fourth-order valence-corrected chi connectivity index (χ4v) is 5.20. The summed E-state index contributed by atoms with van der Waals surface area (Å²) in [4.78, 5) is 0.238. The van der Waals surface area contributed by atoms with Crippen molar-refractivity contribution >= 4 is 26.0 Å². The van der Waals surface area contributed by atoms with Crippen molar-refractivity contribution < 1.29 is 13.5 Å². The molecule has 1 saturated heterocycles. The van der Waals surface area contributed by atoms with Gasteiger partial charge in [-0.1, -0.05) is 19.9 Å². The highest BCUT2D eigenvalue weighted by atomic mass is 79.9. The summed E-state index contributed by atoms with van der Waals surface area (Å²) in [7, 11) is -3.52. The van der Waals surface area contributed by atoms with Gasteiger partial charge >= 0.3 is 0 Å². The van der Waals surface area contributed by atoms with Gasteiger partial charge < -0.3 is 5.11 Å². The number of sulfonamides is 1. The van der Waals surface area contributed by atoms with Gasteiger partial charge in [0.05, 0.1) is 11.5 Å². The molecule has 1 aromatic rings. The number of hydrogen-bond donors (Lipinski definition) is 1. The Hall–Kier alpha value is -0.430. The number of hydrogen-bond acceptors (Lipinski definition) is 3. The summed E-state index contributed by atoms with van der Waals surface area (Å²) in [5.74, 6) is 0. The van der Waals surface area contributed by atoms with Crippen LogP contribution in [0.4, 0.5) is 0 Å². The minimum Gasteiger partial charge on any atom is -0.392 e. The molecule has 0 radical (unpaired) electrons. The van der Waals surface area contributed by atoms with Crippen molar-refractivity contribution in [2.75, 3.05) is 13.1 Å². The maximum atomic E-state index is 12.8. The lowest BCUT2D eigenvalue weighted by Crippen LogP contribution is -2.43. The lowest BCUT2D eigenvalue weighted by molar-refractivity contribution is 0.187. The van der Waals surface area contributed by atoms with Crippen LogP contribution in [0.25, 0.3) is 0 Å². The van der Waals surface area contributed by atoms with Gasteiger partial charge in [0.2, 0.25) is 10.0 Å². The summed E-state index contributed by atoms with van der Waals surface area (Å²) in [5, 5.41) is 9.19. The molecule has 0 aliphatic carbocycles. The van der Waals surface area contributed by atoms with E-state index in [9.17, 15) is 13.5 Å². The van der Waals surface area contributed by atoms with E-state index in [-0.39, 0.29) is 16.9 Å². The number of benzene rings is 1. The third-order valence-electron chi connectivity index (χ3n) is 3.66. The van der Waals surface area contributed by atoms with Crippen molar-refractivity contribution in [1.82, 2.24) is 4.31 Å². The largest absolute Gasteiger partial charge is 0.392 e. The van der Waals surface area contributed by atoms with E-state index >= 15 is 0 Å². The second kappa shape index (κ2) is 5.75. The van der Waals surface area contributed by atoms with Crippen LogP contribution in [0.1, 0.15) is 32.3 Å². The Bertz CT molecular complexity index is 598. The van der Waals surface area contributed by atoms with Crippen molar-refractivity contribution in [2.45, 2.75) is 38.2 Å². The van der Waals surface area contributed by atoms with Gasteiger partial charge in [-0.3, -0.25) is 0 Å². The van der Waals surface area contributed by atoms with Crippen molar-refractivity contribution in [3.05, 3.63) is 28.2 Å². The third-order valence-corrected chi connectivity index (χ3v) is 6.50. The number of piperidine rings is 1. The number of aliphatic hydroxyl groups excluding tert-OH is 1. The number of halogens is 1. The summed E-state index contributed by atoms with van der Waals surface area (Å²) >= 11 is 3.30. The first kappa shape index (κ1) is 15.9. The third kappa shape index (κ3) is 3.24. The van der Waals surface area contributed by atoms with Gasteiger partial charge in [-0.15, -0.1) is 0 Å². The average molecular weight is 362 g/mol. The zero-order valence-electron chi connectivity index (χ0n) is 11.8. The van der Waals surface area contributed by atoms with Gasteiger partial charge in [0, 0.05) is 17.6 Å². The summed E-state index contributed by atoms with van der Waals surface area (Å²) in [5.41, 5.74) is 0.606. The highest BCUT2D eigenvalue weighted by molar-refractivity contribution is 9.10. The molecule has 0 aromatic heterocycles. The van der Waals surface area contributed by atoms with E-state index in [4.69, 9.17) is 0 Å². The second-order valence-electron chi connectivity index (χ2n) is 6.03. The molecule has 6 heteroatoms. The first-order valence-corrected chi connectivity index (χ1v) is 8.89.